The predicted molar refractivity (Wildman–Crippen MR) is 49.5 cm³/mol. The van der Waals surface area contributed by atoms with Crippen LogP contribution in [-0.4, -0.2) is 22.7 Å². The van der Waals surface area contributed by atoms with E-state index < -0.39 is 0 Å². The Kier molecular flexibility index (Phi) is 1.96. The monoisotopic (exact) mass is 181 g/mol. The third kappa shape index (κ3) is 1.28. The van der Waals surface area contributed by atoms with Crippen LogP contribution in [0.2, 0.25) is 0 Å². The summed E-state index contributed by atoms with van der Waals surface area (Å²) >= 11 is 5.61. The molecule has 2 rings (SSSR count). The predicted octanol–water partition coefficient (Wildman–Crippen LogP) is 1.62. The summed E-state index contributed by atoms with van der Waals surface area (Å²) in [6, 6.07) is 0. The SMILES string of the molecule is ClCc1c[nH]c(C2=CC=NC2)n1. The van der Waals surface area contributed by atoms with E-state index in [0.717, 1.165) is 23.6 Å². The second-order valence-corrected chi connectivity index (χ2v) is 2.82. The average molecular weight is 182 g/mol. The molecule has 0 atom stereocenters. The van der Waals surface area contributed by atoms with Crippen LogP contribution in [-0.2, 0) is 5.88 Å². The van der Waals surface area contributed by atoms with Crippen LogP contribution in [0.3, 0.4) is 0 Å². The van der Waals surface area contributed by atoms with Crippen molar-refractivity contribution in [2.24, 2.45) is 4.99 Å². The maximum absolute atomic E-state index is 5.61. The van der Waals surface area contributed by atoms with E-state index in [1.165, 1.54) is 0 Å². The summed E-state index contributed by atoms with van der Waals surface area (Å²) in [5.41, 5.74) is 1.99. The molecule has 0 amide bonds. The molecular formula is C8H8ClN3. The highest BCUT2D eigenvalue weighted by molar-refractivity contribution is 6.16. The highest BCUT2D eigenvalue weighted by Gasteiger charge is 2.07. The van der Waals surface area contributed by atoms with Gasteiger partial charge in [0.15, 0.2) is 0 Å². The van der Waals surface area contributed by atoms with Crippen LogP contribution in [0, 0.1) is 0 Å². The molecule has 4 heteroatoms. The Balaban J connectivity index is 2.23. The molecule has 1 N–H and O–H groups in total. The van der Waals surface area contributed by atoms with Gasteiger partial charge < -0.3 is 4.98 Å². The van der Waals surface area contributed by atoms with E-state index in [1.54, 1.807) is 6.21 Å². The van der Waals surface area contributed by atoms with Crippen LogP contribution in [0.5, 0.6) is 0 Å². The summed E-state index contributed by atoms with van der Waals surface area (Å²) in [5, 5.41) is 0. The smallest absolute Gasteiger partial charge is 0.135 e. The molecule has 0 aliphatic carbocycles. The number of nitrogens with zero attached hydrogens (tertiary/aromatic N) is 2. The van der Waals surface area contributed by atoms with Gasteiger partial charge in [-0.05, 0) is 6.08 Å². The van der Waals surface area contributed by atoms with Gasteiger partial charge in [-0.25, -0.2) is 4.98 Å². The van der Waals surface area contributed by atoms with Crippen molar-refractivity contribution in [2.45, 2.75) is 5.88 Å². The van der Waals surface area contributed by atoms with Crippen molar-refractivity contribution >= 4 is 23.4 Å². The first-order valence-corrected chi connectivity index (χ1v) is 4.23. The molecule has 1 aliphatic rings. The van der Waals surface area contributed by atoms with Gasteiger partial charge in [-0.3, -0.25) is 4.99 Å². The number of nitrogens with one attached hydrogen (secondary N) is 1. The summed E-state index contributed by atoms with van der Waals surface area (Å²) in [4.78, 5) is 11.4. The number of halogens is 1. The zero-order valence-corrected chi connectivity index (χ0v) is 7.17. The minimum atomic E-state index is 0.449. The number of imidazole rings is 1. The molecule has 0 saturated heterocycles. The number of aromatic amines is 1. The Morgan fingerprint density at radius 1 is 1.58 bits per heavy atom. The number of allylic oxidation sites excluding steroid dienone is 1. The lowest BCUT2D eigenvalue weighted by atomic mass is 10.3. The maximum Gasteiger partial charge on any atom is 0.135 e. The lowest BCUT2D eigenvalue weighted by Crippen LogP contribution is -1.88. The van der Waals surface area contributed by atoms with E-state index in [-0.39, 0.29) is 0 Å². The molecule has 0 unspecified atom stereocenters. The lowest BCUT2D eigenvalue weighted by Gasteiger charge is -1.92. The minimum absolute atomic E-state index is 0.449. The Morgan fingerprint density at radius 2 is 2.50 bits per heavy atom. The third-order valence-electron chi connectivity index (χ3n) is 1.71. The number of H-pyrrole nitrogens is 1. The first kappa shape index (κ1) is 7.55. The minimum Gasteiger partial charge on any atom is -0.344 e. The molecule has 2 heterocycles. The Bertz CT molecular complexity index is 338. The van der Waals surface area contributed by atoms with Gasteiger partial charge in [0.25, 0.3) is 0 Å². The van der Waals surface area contributed by atoms with Gasteiger partial charge in [0, 0.05) is 18.0 Å². The van der Waals surface area contributed by atoms with E-state index in [2.05, 4.69) is 15.0 Å². The van der Waals surface area contributed by atoms with Crippen molar-refractivity contribution in [1.82, 2.24) is 9.97 Å². The maximum atomic E-state index is 5.61. The zero-order chi connectivity index (χ0) is 8.39. The van der Waals surface area contributed by atoms with Gasteiger partial charge in [0.2, 0.25) is 0 Å². The molecule has 1 aromatic heterocycles. The number of alkyl halides is 1. The summed E-state index contributed by atoms with van der Waals surface area (Å²) in [5.74, 6) is 1.33. The van der Waals surface area contributed by atoms with Crippen LogP contribution in [0.4, 0.5) is 0 Å². The van der Waals surface area contributed by atoms with E-state index >= 15 is 0 Å². The van der Waals surface area contributed by atoms with Crippen LogP contribution < -0.4 is 0 Å². The fourth-order valence-corrected chi connectivity index (χ4v) is 1.23. The summed E-state index contributed by atoms with van der Waals surface area (Å²) in [7, 11) is 0. The van der Waals surface area contributed by atoms with Crippen molar-refractivity contribution in [1.29, 1.82) is 0 Å². The number of aromatic nitrogens is 2. The standard InChI is InChI=1S/C8H8ClN3/c9-3-7-5-11-8(12-7)6-1-2-10-4-6/h1-2,5H,3-4H2,(H,11,12). The molecule has 0 fully saturated rings. The molecule has 1 aliphatic heterocycles. The van der Waals surface area contributed by atoms with Crippen molar-refractivity contribution in [3.8, 4) is 0 Å². The molecule has 0 radical (unpaired) electrons. The van der Waals surface area contributed by atoms with Crippen molar-refractivity contribution in [2.75, 3.05) is 6.54 Å². The van der Waals surface area contributed by atoms with Crippen molar-refractivity contribution < 1.29 is 0 Å². The van der Waals surface area contributed by atoms with Gasteiger partial charge >= 0.3 is 0 Å². The van der Waals surface area contributed by atoms with Crippen molar-refractivity contribution in [3.05, 3.63) is 23.8 Å². The quantitative estimate of drug-likeness (QED) is 0.693. The Labute approximate surface area is 75.2 Å². The molecule has 0 aromatic carbocycles. The Morgan fingerprint density at radius 3 is 3.08 bits per heavy atom. The number of aliphatic imine (C=N–C) groups is 1. The molecule has 1 aromatic rings. The van der Waals surface area contributed by atoms with Gasteiger partial charge in [0.05, 0.1) is 18.1 Å². The van der Waals surface area contributed by atoms with Crippen LogP contribution in [0.25, 0.3) is 5.57 Å². The molecular weight excluding hydrogens is 174 g/mol. The fourth-order valence-electron chi connectivity index (χ4n) is 1.09. The molecule has 12 heavy (non-hydrogen) atoms. The lowest BCUT2D eigenvalue weighted by molar-refractivity contribution is 1.15. The number of hydrogen-bond acceptors (Lipinski definition) is 2. The summed E-state index contributed by atoms with van der Waals surface area (Å²) in [6.07, 6.45) is 5.57. The van der Waals surface area contributed by atoms with Crippen LogP contribution >= 0.6 is 11.6 Å². The number of rotatable bonds is 2. The second kappa shape index (κ2) is 3.11. The molecule has 0 spiro atoms. The Hall–Kier alpha value is -1.09. The van der Waals surface area contributed by atoms with Gasteiger partial charge in [-0.1, -0.05) is 0 Å². The van der Waals surface area contributed by atoms with Gasteiger partial charge in [0.1, 0.15) is 5.82 Å². The van der Waals surface area contributed by atoms with E-state index in [0.29, 0.717) is 5.88 Å². The van der Waals surface area contributed by atoms with Crippen LogP contribution in [0.15, 0.2) is 17.3 Å². The molecule has 0 saturated carbocycles. The van der Waals surface area contributed by atoms with Crippen molar-refractivity contribution in [3.63, 3.8) is 0 Å². The van der Waals surface area contributed by atoms with E-state index in [4.69, 9.17) is 11.6 Å². The normalized spacial score (nSPS) is 15.2. The number of hydrogen-bond donors (Lipinski definition) is 1. The molecule has 3 nitrogen and oxygen atoms in total. The molecule has 0 bridgehead atoms. The summed E-state index contributed by atoms with van der Waals surface area (Å²) < 4.78 is 0. The average Bonchev–Trinajstić information content (AvgIpc) is 2.75. The van der Waals surface area contributed by atoms with Gasteiger partial charge in [-0.2, -0.15) is 0 Å². The summed E-state index contributed by atoms with van der Waals surface area (Å²) in [6.45, 7) is 0.717. The highest BCUT2D eigenvalue weighted by Crippen LogP contribution is 2.14. The second-order valence-electron chi connectivity index (χ2n) is 2.56. The largest absolute Gasteiger partial charge is 0.344 e. The third-order valence-corrected chi connectivity index (χ3v) is 1.99. The van der Waals surface area contributed by atoms with E-state index in [1.807, 2.05) is 12.3 Å². The molecule has 62 valence electrons. The topological polar surface area (TPSA) is 41.0 Å². The van der Waals surface area contributed by atoms with Gasteiger partial charge in [-0.15, -0.1) is 11.6 Å². The first-order valence-electron chi connectivity index (χ1n) is 3.70. The fraction of sp³-hybridized carbons (Fsp3) is 0.250. The zero-order valence-electron chi connectivity index (χ0n) is 6.42. The van der Waals surface area contributed by atoms with Crippen LogP contribution in [0.1, 0.15) is 11.5 Å². The van der Waals surface area contributed by atoms with E-state index in [9.17, 15) is 0 Å². The highest BCUT2D eigenvalue weighted by atomic mass is 35.5. The first-order chi connectivity index (χ1) is 5.90.